The van der Waals surface area contributed by atoms with Crippen LogP contribution in [0.2, 0.25) is 0 Å². The van der Waals surface area contributed by atoms with E-state index in [1.165, 1.54) is 12.7 Å². The van der Waals surface area contributed by atoms with Gasteiger partial charge in [0.2, 0.25) is 0 Å². The minimum atomic E-state index is 0.517. The first-order valence-electron chi connectivity index (χ1n) is 5.11. The number of nitrogens with zero attached hydrogens (tertiary/aromatic N) is 4. The number of aromatic nitrogens is 3. The Balaban J connectivity index is 2.30. The summed E-state index contributed by atoms with van der Waals surface area (Å²) in [4.78, 5) is 16.0. The number of benzene rings is 1. The van der Waals surface area contributed by atoms with Gasteiger partial charge < -0.3 is 4.74 Å². The molecule has 0 unspecified atom stereocenters. The second-order valence-electron chi connectivity index (χ2n) is 3.38. The second-order valence-corrected chi connectivity index (χ2v) is 3.38. The van der Waals surface area contributed by atoms with Crippen molar-refractivity contribution < 1.29 is 4.74 Å². The van der Waals surface area contributed by atoms with Gasteiger partial charge in [0.05, 0.1) is 13.3 Å². The quantitative estimate of drug-likeness (QED) is 0.753. The SMILES string of the molecule is COc1c(C)cccc1/N=C/c1ncncn1. The molecule has 0 amide bonds. The number of hydrogen-bond acceptors (Lipinski definition) is 5. The lowest BCUT2D eigenvalue weighted by Crippen LogP contribution is -1.92. The standard InChI is InChI=1S/C12H12N4O/c1-9-4-3-5-10(12(9)17-2)14-6-11-15-7-13-8-16-11/h3-8H,1-2H3/b14-6+. The highest BCUT2D eigenvalue weighted by atomic mass is 16.5. The summed E-state index contributed by atoms with van der Waals surface area (Å²) >= 11 is 0. The Morgan fingerprint density at radius 2 is 2.00 bits per heavy atom. The molecule has 0 fully saturated rings. The predicted molar refractivity (Wildman–Crippen MR) is 64.8 cm³/mol. The molecule has 17 heavy (non-hydrogen) atoms. The highest BCUT2D eigenvalue weighted by molar-refractivity contribution is 5.78. The fourth-order valence-corrected chi connectivity index (χ4v) is 1.45. The average molecular weight is 228 g/mol. The van der Waals surface area contributed by atoms with Crippen LogP contribution >= 0.6 is 0 Å². The number of methoxy groups -OCH3 is 1. The first kappa shape index (κ1) is 11.2. The molecule has 1 heterocycles. The Kier molecular flexibility index (Phi) is 3.40. The van der Waals surface area contributed by atoms with Gasteiger partial charge in [-0.3, -0.25) is 0 Å². The molecule has 0 saturated heterocycles. The van der Waals surface area contributed by atoms with Gasteiger partial charge in [0.15, 0.2) is 5.82 Å². The third-order valence-corrected chi connectivity index (χ3v) is 2.23. The maximum atomic E-state index is 5.30. The van der Waals surface area contributed by atoms with E-state index in [-0.39, 0.29) is 0 Å². The molecule has 2 rings (SSSR count). The summed E-state index contributed by atoms with van der Waals surface area (Å²) in [6, 6.07) is 5.78. The van der Waals surface area contributed by atoms with Crippen LogP contribution in [0.25, 0.3) is 0 Å². The molecule has 0 aliphatic rings. The molecule has 0 aliphatic carbocycles. The molecule has 0 aliphatic heterocycles. The molecule has 2 aromatic rings. The molecule has 5 heteroatoms. The van der Waals surface area contributed by atoms with Gasteiger partial charge in [-0.2, -0.15) is 0 Å². The molecule has 0 atom stereocenters. The van der Waals surface area contributed by atoms with Gasteiger partial charge in [-0.1, -0.05) is 12.1 Å². The zero-order valence-electron chi connectivity index (χ0n) is 9.66. The second kappa shape index (κ2) is 5.16. The van der Waals surface area contributed by atoms with E-state index in [2.05, 4.69) is 19.9 Å². The lowest BCUT2D eigenvalue weighted by atomic mass is 10.2. The molecule has 0 spiro atoms. The van der Waals surface area contributed by atoms with Crippen LogP contribution in [0.15, 0.2) is 35.8 Å². The highest BCUT2D eigenvalue weighted by Gasteiger charge is 2.03. The molecular weight excluding hydrogens is 216 g/mol. The number of ether oxygens (including phenoxy) is 1. The average Bonchev–Trinajstić information content (AvgIpc) is 2.37. The first-order valence-corrected chi connectivity index (χ1v) is 5.11. The Hall–Kier alpha value is -2.30. The van der Waals surface area contributed by atoms with Crippen LogP contribution in [-0.4, -0.2) is 28.3 Å². The largest absolute Gasteiger partial charge is 0.494 e. The monoisotopic (exact) mass is 228 g/mol. The maximum Gasteiger partial charge on any atom is 0.173 e. The zero-order chi connectivity index (χ0) is 12.1. The van der Waals surface area contributed by atoms with Gasteiger partial charge in [0.25, 0.3) is 0 Å². The van der Waals surface area contributed by atoms with Crippen LogP contribution in [-0.2, 0) is 0 Å². The third-order valence-electron chi connectivity index (χ3n) is 2.23. The molecule has 0 saturated carbocycles. The fourth-order valence-electron chi connectivity index (χ4n) is 1.45. The van der Waals surface area contributed by atoms with Gasteiger partial charge >= 0.3 is 0 Å². The summed E-state index contributed by atoms with van der Waals surface area (Å²) in [7, 11) is 1.63. The molecule has 0 radical (unpaired) electrons. The Labute approximate surface area is 99.3 Å². The van der Waals surface area contributed by atoms with E-state index in [1.807, 2.05) is 25.1 Å². The lowest BCUT2D eigenvalue weighted by molar-refractivity contribution is 0.413. The smallest absolute Gasteiger partial charge is 0.173 e. The number of aryl methyl sites for hydroxylation is 1. The topological polar surface area (TPSA) is 60.3 Å². The van der Waals surface area contributed by atoms with E-state index in [9.17, 15) is 0 Å². The van der Waals surface area contributed by atoms with E-state index < -0.39 is 0 Å². The summed E-state index contributed by atoms with van der Waals surface area (Å²) in [5, 5.41) is 0. The van der Waals surface area contributed by atoms with Crippen molar-refractivity contribution in [3.05, 3.63) is 42.2 Å². The van der Waals surface area contributed by atoms with Crippen LogP contribution in [0.3, 0.4) is 0 Å². The van der Waals surface area contributed by atoms with Crippen molar-refractivity contribution in [2.75, 3.05) is 7.11 Å². The zero-order valence-corrected chi connectivity index (χ0v) is 9.66. The minimum Gasteiger partial charge on any atom is -0.494 e. The molecular formula is C12H12N4O. The number of hydrogen-bond donors (Lipinski definition) is 0. The summed E-state index contributed by atoms with van der Waals surface area (Å²) in [5.74, 6) is 1.28. The molecule has 86 valence electrons. The predicted octanol–water partition coefficient (Wildman–Crippen LogP) is 1.94. The highest BCUT2D eigenvalue weighted by Crippen LogP contribution is 2.30. The minimum absolute atomic E-state index is 0.517. The molecule has 1 aromatic heterocycles. The maximum absolute atomic E-state index is 5.30. The molecule has 0 bridgehead atoms. The van der Waals surface area contributed by atoms with E-state index >= 15 is 0 Å². The third kappa shape index (κ3) is 2.63. The van der Waals surface area contributed by atoms with Gasteiger partial charge in [-0.05, 0) is 18.6 Å². The summed E-state index contributed by atoms with van der Waals surface area (Å²) in [6.07, 6.45) is 4.45. The van der Waals surface area contributed by atoms with E-state index in [1.54, 1.807) is 13.3 Å². The Morgan fingerprint density at radius 3 is 2.71 bits per heavy atom. The molecule has 5 nitrogen and oxygen atoms in total. The van der Waals surface area contributed by atoms with Crippen molar-refractivity contribution in [3.8, 4) is 5.75 Å². The summed E-state index contributed by atoms with van der Waals surface area (Å²) in [6.45, 7) is 1.97. The first-order chi connectivity index (χ1) is 8.31. The van der Waals surface area contributed by atoms with Gasteiger partial charge in [-0.25, -0.2) is 19.9 Å². The van der Waals surface area contributed by atoms with Gasteiger partial charge in [0, 0.05) is 0 Å². The number of para-hydroxylation sites is 1. The van der Waals surface area contributed by atoms with Crippen molar-refractivity contribution in [2.45, 2.75) is 6.92 Å². The molecule has 1 aromatic carbocycles. The number of rotatable bonds is 3. The van der Waals surface area contributed by atoms with E-state index in [0.29, 0.717) is 5.82 Å². The van der Waals surface area contributed by atoms with Crippen LogP contribution in [0.4, 0.5) is 5.69 Å². The molecule has 0 N–H and O–H groups in total. The van der Waals surface area contributed by atoms with Crippen molar-refractivity contribution in [3.63, 3.8) is 0 Å². The van der Waals surface area contributed by atoms with Crippen LogP contribution in [0, 0.1) is 6.92 Å². The fraction of sp³-hybridized carbons (Fsp3) is 0.167. The number of aliphatic imine (C=N–C) groups is 1. The summed E-state index contributed by atoms with van der Waals surface area (Å²) < 4.78 is 5.30. The normalized spacial score (nSPS) is 10.7. The van der Waals surface area contributed by atoms with Gasteiger partial charge in [0.1, 0.15) is 24.1 Å². The van der Waals surface area contributed by atoms with Crippen molar-refractivity contribution >= 4 is 11.9 Å². The van der Waals surface area contributed by atoms with Crippen molar-refractivity contribution in [1.29, 1.82) is 0 Å². The van der Waals surface area contributed by atoms with Gasteiger partial charge in [-0.15, -0.1) is 0 Å². The Bertz CT molecular complexity index is 525. The summed E-state index contributed by atoms with van der Waals surface area (Å²) in [5.41, 5.74) is 1.80. The lowest BCUT2D eigenvalue weighted by Gasteiger charge is -2.06. The van der Waals surface area contributed by atoms with Crippen LogP contribution < -0.4 is 4.74 Å². The van der Waals surface area contributed by atoms with Crippen molar-refractivity contribution in [1.82, 2.24) is 15.0 Å². The van der Waals surface area contributed by atoms with Crippen LogP contribution in [0.1, 0.15) is 11.4 Å². The van der Waals surface area contributed by atoms with Crippen LogP contribution in [0.5, 0.6) is 5.75 Å². The van der Waals surface area contributed by atoms with Crippen molar-refractivity contribution in [2.24, 2.45) is 4.99 Å². The Morgan fingerprint density at radius 1 is 1.24 bits per heavy atom. The van der Waals surface area contributed by atoms with E-state index in [4.69, 9.17) is 4.74 Å². The van der Waals surface area contributed by atoms with E-state index in [0.717, 1.165) is 17.0 Å².